The van der Waals surface area contributed by atoms with Crippen molar-refractivity contribution in [3.05, 3.63) is 71.3 Å². The number of hydrogen-bond donors (Lipinski definition) is 0. The fourth-order valence-electron chi connectivity index (χ4n) is 4.81. The molecule has 2 aromatic rings. The Balaban J connectivity index is 1.68. The van der Waals surface area contributed by atoms with Crippen molar-refractivity contribution in [1.82, 2.24) is 4.90 Å². The summed E-state index contributed by atoms with van der Waals surface area (Å²) in [6.07, 6.45) is 1.80. The second-order valence-corrected chi connectivity index (χ2v) is 7.91. The van der Waals surface area contributed by atoms with Gasteiger partial charge in [-0.15, -0.1) is 0 Å². The zero-order chi connectivity index (χ0) is 20.5. The molecular weight excluding hydrogens is 376 g/mol. The summed E-state index contributed by atoms with van der Waals surface area (Å²) in [4.78, 5) is 14.9. The first-order chi connectivity index (χ1) is 14.0. The second kappa shape index (κ2) is 8.20. The van der Waals surface area contributed by atoms with Gasteiger partial charge in [-0.3, -0.25) is 9.69 Å². The molecule has 1 unspecified atom stereocenters. The number of benzene rings is 2. The van der Waals surface area contributed by atoms with Gasteiger partial charge in [0.1, 0.15) is 17.7 Å². The summed E-state index contributed by atoms with van der Waals surface area (Å²) in [5.74, 6) is -1.34. The van der Waals surface area contributed by atoms with E-state index in [1.165, 1.54) is 31.4 Å². The van der Waals surface area contributed by atoms with Gasteiger partial charge < -0.3 is 9.47 Å². The largest absolute Gasteiger partial charge is 0.469 e. The highest BCUT2D eigenvalue weighted by Gasteiger charge is 2.50. The number of nitrogens with zero attached hydrogens (tertiary/aromatic N) is 1. The number of carbonyl (C=O) groups is 1. The van der Waals surface area contributed by atoms with E-state index >= 15 is 0 Å². The first-order valence-corrected chi connectivity index (χ1v) is 9.94. The van der Waals surface area contributed by atoms with Crippen LogP contribution < -0.4 is 0 Å². The van der Waals surface area contributed by atoms with E-state index < -0.39 is 12.0 Å². The molecule has 0 saturated carbocycles. The number of carbonyl (C=O) groups excluding carboxylic acids is 1. The van der Waals surface area contributed by atoms with Gasteiger partial charge in [-0.2, -0.15) is 0 Å². The second-order valence-electron chi connectivity index (χ2n) is 7.91. The van der Waals surface area contributed by atoms with Crippen molar-refractivity contribution >= 4 is 5.97 Å². The van der Waals surface area contributed by atoms with Crippen LogP contribution in [0.4, 0.5) is 8.78 Å². The Morgan fingerprint density at radius 1 is 1.00 bits per heavy atom. The fourth-order valence-corrected chi connectivity index (χ4v) is 4.81. The molecule has 154 valence electrons. The molecule has 0 aliphatic carbocycles. The molecule has 0 amide bonds. The molecule has 2 aliphatic heterocycles. The molecule has 2 aliphatic rings. The molecule has 4 atom stereocenters. The van der Waals surface area contributed by atoms with Crippen LogP contribution in [0.1, 0.15) is 36.5 Å². The summed E-state index contributed by atoms with van der Waals surface area (Å²) in [6, 6.07) is 12.6. The minimum atomic E-state index is -0.531. The number of esters is 1. The standard InChI is InChI=1S/C23H25F2NO3/c1-26-18-11-12-19(26)21(23(27)28-2)20(13-18)29-22(14-3-7-16(24)8-4-14)15-5-9-17(25)10-6-15/h3-10,18-22H,11-13H2,1-2H3/t18?,19-,20-,21+/m0/s1. The van der Waals surface area contributed by atoms with Crippen LogP contribution >= 0.6 is 0 Å². The zero-order valence-corrected chi connectivity index (χ0v) is 16.6. The van der Waals surface area contributed by atoms with Crippen LogP contribution in [0, 0.1) is 17.6 Å². The Morgan fingerprint density at radius 3 is 2.07 bits per heavy atom. The summed E-state index contributed by atoms with van der Waals surface area (Å²) >= 11 is 0. The first kappa shape index (κ1) is 20.0. The molecule has 29 heavy (non-hydrogen) atoms. The minimum absolute atomic E-state index is 0.0771. The smallest absolute Gasteiger partial charge is 0.312 e. The molecule has 0 N–H and O–H groups in total. The molecule has 2 heterocycles. The zero-order valence-electron chi connectivity index (χ0n) is 16.6. The van der Waals surface area contributed by atoms with Crippen molar-refractivity contribution in [1.29, 1.82) is 0 Å². The van der Waals surface area contributed by atoms with Crippen LogP contribution in [0.15, 0.2) is 48.5 Å². The van der Waals surface area contributed by atoms with E-state index in [0.717, 1.165) is 24.0 Å². The normalized spacial score (nSPS) is 26.7. The number of halogens is 2. The molecule has 4 nitrogen and oxygen atoms in total. The van der Waals surface area contributed by atoms with Crippen molar-refractivity contribution in [2.45, 2.75) is 43.6 Å². The molecule has 2 bridgehead atoms. The van der Waals surface area contributed by atoms with Crippen molar-refractivity contribution < 1.29 is 23.0 Å². The van der Waals surface area contributed by atoms with Gasteiger partial charge in [0.2, 0.25) is 0 Å². The number of hydrogen-bond acceptors (Lipinski definition) is 4. The number of ether oxygens (including phenoxy) is 2. The van der Waals surface area contributed by atoms with Gasteiger partial charge in [0.05, 0.1) is 19.1 Å². The van der Waals surface area contributed by atoms with Crippen molar-refractivity contribution in [3.63, 3.8) is 0 Å². The Labute approximate surface area is 169 Å². The molecular formula is C23H25F2NO3. The topological polar surface area (TPSA) is 38.8 Å². The average Bonchev–Trinajstić information content (AvgIpc) is 2.96. The Hall–Kier alpha value is -2.31. The van der Waals surface area contributed by atoms with E-state index in [0.29, 0.717) is 12.5 Å². The van der Waals surface area contributed by atoms with Crippen LogP contribution in [-0.2, 0) is 14.3 Å². The first-order valence-electron chi connectivity index (χ1n) is 9.94. The van der Waals surface area contributed by atoms with E-state index in [2.05, 4.69) is 4.90 Å². The maximum Gasteiger partial charge on any atom is 0.312 e. The highest BCUT2D eigenvalue weighted by atomic mass is 19.1. The van der Waals surface area contributed by atoms with Gasteiger partial charge in [0.15, 0.2) is 0 Å². The van der Waals surface area contributed by atoms with E-state index in [-0.39, 0.29) is 29.7 Å². The third-order valence-electron chi connectivity index (χ3n) is 6.34. The molecule has 4 rings (SSSR count). The summed E-state index contributed by atoms with van der Waals surface area (Å²) in [5, 5.41) is 0. The van der Waals surface area contributed by atoms with Crippen LogP contribution in [-0.4, -0.2) is 43.2 Å². The Bertz CT molecular complexity index is 810. The van der Waals surface area contributed by atoms with Gasteiger partial charge in [-0.05, 0) is 61.7 Å². The molecule has 2 fully saturated rings. The Morgan fingerprint density at radius 2 is 1.55 bits per heavy atom. The number of piperidine rings is 1. The van der Waals surface area contributed by atoms with Gasteiger partial charge in [0, 0.05) is 12.1 Å². The van der Waals surface area contributed by atoms with Gasteiger partial charge in [-0.1, -0.05) is 24.3 Å². The molecule has 6 heteroatoms. The molecule has 2 saturated heterocycles. The van der Waals surface area contributed by atoms with Crippen molar-refractivity contribution in [2.75, 3.05) is 14.2 Å². The van der Waals surface area contributed by atoms with E-state index in [1.54, 1.807) is 24.3 Å². The number of fused-ring (bicyclic) bond motifs is 2. The predicted molar refractivity (Wildman–Crippen MR) is 104 cm³/mol. The van der Waals surface area contributed by atoms with E-state index in [1.807, 2.05) is 7.05 Å². The van der Waals surface area contributed by atoms with Gasteiger partial charge in [0.25, 0.3) is 0 Å². The maximum atomic E-state index is 13.5. The lowest BCUT2D eigenvalue weighted by Crippen LogP contribution is -2.53. The summed E-state index contributed by atoms with van der Waals surface area (Å²) in [6.45, 7) is 0. The van der Waals surface area contributed by atoms with Crippen LogP contribution in [0.5, 0.6) is 0 Å². The molecule has 2 aromatic carbocycles. The summed E-state index contributed by atoms with van der Waals surface area (Å²) in [5.41, 5.74) is 1.51. The Kier molecular flexibility index (Phi) is 5.65. The van der Waals surface area contributed by atoms with Crippen LogP contribution in [0.3, 0.4) is 0 Å². The average molecular weight is 401 g/mol. The fraction of sp³-hybridized carbons (Fsp3) is 0.435. The third-order valence-corrected chi connectivity index (χ3v) is 6.34. The van der Waals surface area contributed by atoms with E-state index in [9.17, 15) is 13.6 Å². The third kappa shape index (κ3) is 3.91. The highest BCUT2D eigenvalue weighted by Crippen LogP contribution is 2.42. The summed E-state index contributed by atoms with van der Waals surface area (Å²) < 4.78 is 38.6. The molecule has 0 spiro atoms. The lowest BCUT2D eigenvalue weighted by molar-refractivity contribution is -0.162. The van der Waals surface area contributed by atoms with Crippen LogP contribution in [0.25, 0.3) is 0 Å². The van der Waals surface area contributed by atoms with Gasteiger partial charge >= 0.3 is 5.97 Å². The lowest BCUT2D eigenvalue weighted by Gasteiger charge is -2.42. The minimum Gasteiger partial charge on any atom is -0.469 e. The predicted octanol–water partition coefficient (Wildman–Crippen LogP) is 4.10. The summed E-state index contributed by atoms with van der Waals surface area (Å²) in [7, 11) is 3.45. The number of methoxy groups -OCH3 is 1. The highest BCUT2D eigenvalue weighted by molar-refractivity contribution is 5.74. The molecule has 0 radical (unpaired) electrons. The molecule has 0 aromatic heterocycles. The maximum absolute atomic E-state index is 13.5. The van der Waals surface area contributed by atoms with Crippen molar-refractivity contribution in [3.8, 4) is 0 Å². The quantitative estimate of drug-likeness (QED) is 0.708. The van der Waals surface area contributed by atoms with Crippen molar-refractivity contribution in [2.24, 2.45) is 5.92 Å². The van der Waals surface area contributed by atoms with Gasteiger partial charge in [-0.25, -0.2) is 8.78 Å². The van der Waals surface area contributed by atoms with Crippen LogP contribution in [0.2, 0.25) is 0 Å². The monoisotopic (exact) mass is 401 g/mol. The number of rotatable bonds is 5. The SMILES string of the molecule is COC(=O)[C@H]1[C@@H](OC(c2ccc(F)cc2)c2ccc(F)cc2)CC2CC[C@@H]1N2C. The lowest BCUT2D eigenvalue weighted by atomic mass is 9.87. The van der Waals surface area contributed by atoms with E-state index in [4.69, 9.17) is 9.47 Å².